The Morgan fingerprint density at radius 2 is 1.74 bits per heavy atom. The summed E-state index contributed by atoms with van der Waals surface area (Å²) in [5.74, 6) is -1.30. The predicted octanol–water partition coefficient (Wildman–Crippen LogP) is 3.62. The molecule has 0 unspecified atom stereocenters. The van der Waals surface area contributed by atoms with Crippen LogP contribution in [0.1, 0.15) is 28.4 Å². The Kier molecular flexibility index (Phi) is 7.91. The zero-order chi connectivity index (χ0) is 25.4. The molecule has 3 aromatic carbocycles. The summed E-state index contributed by atoms with van der Waals surface area (Å²) in [6.07, 6.45) is 1.29. The van der Waals surface area contributed by atoms with Gasteiger partial charge in [0.2, 0.25) is 0 Å². The summed E-state index contributed by atoms with van der Waals surface area (Å²) in [7, 11) is 1.31. The van der Waals surface area contributed by atoms with Crippen LogP contribution in [-0.2, 0) is 4.79 Å². The monoisotopic (exact) mass is 474 g/mol. The van der Waals surface area contributed by atoms with Crippen LogP contribution in [0.4, 0.5) is 5.69 Å². The zero-order valence-corrected chi connectivity index (χ0v) is 18.9. The van der Waals surface area contributed by atoms with Crippen molar-refractivity contribution in [1.29, 1.82) is 0 Å². The van der Waals surface area contributed by atoms with E-state index in [0.717, 1.165) is 0 Å². The van der Waals surface area contributed by atoms with Gasteiger partial charge in [-0.15, -0.1) is 0 Å². The number of carbonyl (C=O) groups is 2. The normalized spacial score (nSPS) is 11.5. The van der Waals surface area contributed by atoms with E-state index in [1.807, 2.05) is 0 Å². The van der Waals surface area contributed by atoms with Crippen LogP contribution in [0.3, 0.4) is 0 Å². The molecule has 0 atom stereocenters. The van der Waals surface area contributed by atoms with E-state index in [1.165, 1.54) is 37.5 Å². The first-order valence-corrected chi connectivity index (χ1v) is 10.3. The number of para-hydroxylation sites is 1. The molecule has 3 aromatic rings. The molecule has 0 aliphatic heterocycles. The van der Waals surface area contributed by atoms with Crippen molar-refractivity contribution in [2.24, 2.45) is 5.10 Å². The van der Waals surface area contributed by atoms with Gasteiger partial charge in [-0.25, -0.2) is 5.43 Å². The molecule has 0 heterocycles. The summed E-state index contributed by atoms with van der Waals surface area (Å²) in [6.45, 7) is 1.59. The molecule has 0 saturated carbocycles. The smallest absolute Gasteiger partial charge is 0.311 e. The lowest BCUT2D eigenvalue weighted by Crippen LogP contribution is -2.33. The number of ether oxygens (including phenoxy) is 1. The molecule has 0 aliphatic carbocycles. The lowest BCUT2D eigenvalue weighted by atomic mass is 10.1. The van der Waals surface area contributed by atoms with Crippen LogP contribution in [0.15, 0.2) is 83.6 Å². The first kappa shape index (κ1) is 24.6. The van der Waals surface area contributed by atoms with Gasteiger partial charge in [0.05, 0.1) is 17.7 Å². The molecule has 0 bridgehead atoms. The minimum absolute atomic E-state index is 0.0123. The molecular formula is C25H22N4O6. The van der Waals surface area contributed by atoms with Crippen LogP contribution in [0, 0.1) is 10.1 Å². The Bertz CT molecular complexity index is 1320. The Hall–Kier alpha value is -4.99. The molecule has 3 N–H and O–H groups in total. The second-order valence-electron chi connectivity index (χ2n) is 7.22. The Morgan fingerprint density at radius 1 is 1.06 bits per heavy atom. The van der Waals surface area contributed by atoms with Gasteiger partial charge in [-0.2, -0.15) is 5.10 Å². The lowest BCUT2D eigenvalue weighted by molar-refractivity contribution is -0.385. The molecule has 0 aromatic heterocycles. The highest BCUT2D eigenvalue weighted by atomic mass is 16.6. The second-order valence-corrected chi connectivity index (χ2v) is 7.22. The fraction of sp³-hybridized carbons (Fsp3) is 0.0800. The molecule has 2 amide bonds. The van der Waals surface area contributed by atoms with E-state index < -0.39 is 16.7 Å². The first-order chi connectivity index (χ1) is 16.8. The Morgan fingerprint density at radius 3 is 2.40 bits per heavy atom. The minimum Gasteiger partial charge on any atom is -0.507 e. The number of amides is 2. The van der Waals surface area contributed by atoms with Crippen molar-refractivity contribution in [3.8, 4) is 11.5 Å². The van der Waals surface area contributed by atoms with Gasteiger partial charge in [0, 0.05) is 17.2 Å². The number of hydrogen-bond acceptors (Lipinski definition) is 7. The van der Waals surface area contributed by atoms with E-state index in [9.17, 15) is 24.8 Å². The highest BCUT2D eigenvalue weighted by molar-refractivity contribution is 6.06. The number of aromatic hydroxyl groups is 1. The number of nitrogens with zero attached hydrogens (tertiary/aromatic N) is 2. The van der Waals surface area contributed by atoms with Gasteiger partial charge in [-0.05, 0) is 48.9 Å². The number of hydrogen-bond donors (Lipinski definition) is 3. The molecule has 0 radical (unpaired) electrons. The third-order valence-electron chi connectivity index (χ3n) is 4.86. The van der Waals surface area contributed by atoms with E-state index in [2.05, 4.69) is 15.8 Å². The van der Waals surface area contributed by atoms with Crippen LogP contribution >= 0.6 is 0 Å². The highest BCUT2D eigenvalue weighted by Crippen LogP contribution is 2.28. The van der Waals surface area contributed by atoms with Crippen molar-refractivity contribution >= 4 is 29.3 Å². The average molecular weight is 474 g/mol. The maximum Gasteiger partial charge on any atom is 0.311 e. The molecule has 3 rings (SSSR count). The van der Waals surface area contributed by atoms with E-state index >= 15 is 0 Å². The van der Waals surface area contributed by atoms with Crippen LogP contribution in [0.5, 0.6) is 11.5 Å². The molecular weight excluding hydrogens is 452 g/mol. The van der Waals surface area contributed by atoms with E-state index in [0.29, 0.717) is 16.8 Å². The fourth-order valence-electron chi connectivity index (χ4n) is 3.08. The number of nitro benzene ring substituents is 1. The maximum atomic E-state index is 13.0. The number of benzene rings is 3. The standard InChI is InChI=1S/C25H22N4O6/c1-16(19-10-6-7-11-22(19)30)27-28-25(32)20(26-24(31)18-8-4-3-5-9-18)14-17-12-13-23(35-2)21(15-17)29(33)34/h3-15,30H,1-2H3,(H,26,31)(H,28,32)/b20-14-,27-16+. The predicted molar refractivity (Wildman–Crippen MR) is 130 cm³/mol. The quantitative estimate of drug-likeness (QED) is 0.197. The largest absolute Gasteiger partial charge is 0.507 e. The molecule has 0 spiro atoms. The third kappa shape index (κ3) is 6.29. The summed E-state index contributed by atoms with van der Waals surface area (Å²) in [4.78, 5) is 36.4. The van der Waals surface area contributed by atoms with Crippen molar-refractivity contribution in [2.45, 2.75) is 6.92 Å². The average Bonchev–Trinajstić information content (AvgIpc) is 2.87. The third-order valence-corrected chi connectivity index (χ3v) is 4.86. The SMILES string of the molecule is COc1ccc(/C=C(\NC(=O)c2ccccc2)C(=O)N/N=C(\C)c2ccccc2O)cc1[N+](=O)[O-]. The summed E-state index contributed by atoms with van der Waals surface area (Å²) in [6, 6.07) is 18.8. The fourth-order valence-corrected chi connectivity index (χ4v) is 3.08. The number of carbonyl (C=O) groups excluding carboxylic acids is 2. The molecule has 0 aliphatic rings. The number of hydrazone groups is 1. The van der Waals surface area contributed by atoms with Crippen LogP contribution in [0.2, 0.25) is 0 Å². The van der Waals surface area contributed by atoms with Gasteiger partial charge in [0.1, 0.15) is 11.4 Å². The van der Waals surface area contributed by atoms with E-state index in [-0.39, 0.29) is 28.4 Å². The van der Waals surface area contributed by atoms with Crippen molar-refractivity contribution < 1.29 is 24.4 Å². The van der Waals surface area contributed by atoms with Gasteiger partial charge in [-0.1, -0.05) is 36.4 Å². The Balaban J connectivity index is 1.95. The molecule has 178 valence electrons. The van der Waals surface area contributed by atoms with Crippen LogP contribution in [-0.4, -0.2) is 34.7 Å². The van der Waals surface area contributed by atoms with Crippen LogP contribution in [0.25, 0.3) is 6.08 Å². The number of phenols is 1. The summed E-state index contributed by atoms with van der Waals surface area (Å²) < 4.78 is 5.00. The van der Waals surface area contributed by atoms with Crippen molar-refractivity contribution in [3.05, 3.63) is 105 Å². The summed E-state index contributed by atoms with van der Waals surface area (Å²) in [5, 5.41) is 27.9. The lowest BCUT2D eigenvalue weighted by Gasteiger charge is -2.10. The topological polar surface area (TPSA) is 143 Å². The van der Waals surface area contributed by atoms with E-state index in [1.54, 1.807) is 55.5 Å². The summed E-state index contributed by atoms with van der Waals surface area (Å²) in [5.41, 5.74) is 3.16. The molecule has 10 nitrogen and oxygen atoms in total. The number of phenolic OH excluding ortho intramolecular Hbond substituents is 1. The number of methoxy groups -OCH3 is 1. The van der Waals surface area contributed by atoms with Gasteiger partial charge in [0.15, 0.2) is 5.75 Å². The van der Waals surface area contributed by atoms with Crippen molar-refractivity contribution in [3.63, 3.8) is 0 Å². The molecule has 0 fully saturated rings. The zero-order valence-electron chi connectivity index (χ0n) is 18.9. The van der Waals surface area contributed by atoms with Crippen molar-refractivity contribution in [2.75, 3.05) is 7.11 Å². The van der Waals surface area contributed by atoms with Gasteiger partial charge in [0.25, 0.3) is 11.8 Å². The molecule has 35 heavy (non-hydrogen) atoms. The molecule has 0 saturated heterocycles. The highest BCUT2D eigenvalue weighted by Gasteiger charge is 2.18. The second kappa shape index (κ2) is 11.2. The summed E-state index contributed by atoms with van der Waals surface area (Å²) >= 11 is 0. The number of nitrogens with one attached hydrogen (secondary N) is 2. The number of rotatable bonds is 8. The number of nitro groups is 1. The van der Waals surface area contributed by atoms with Crippen molar-refractivity contribution in [1.82, 2.24) is 10.7 Å². The van der Waals surface area contributed by atoms with E-state index in [4.69, 9.17) is 4.74 Å². The van der Waals surface area contributed by atoms with Gasteiger partial charge < -0.3 is 15.2 Å². The minimum atomic E-state index is -0.775. The van der Waals surface area contributed by atoms with Crippen LogP contribution < -0.4 is 15.5 Å². The maximum absolute atomic E-state index is 13.0. The van der Waals surface area contributed by atoms with Gasteiger partial charge >= 0.3 is 5.69 Å². The first-order valence-electron chi connectivity index (χ1n) is 10.3. The van der Waals surface area contributed by atoms with Gasteiger partial charge in [-0.3, -0.25) is 19.7 Å². The Labute approximate surface area is 200 Å². The molecule has 10 heteroatoms.